The molecule has 0 radical (unpaired) electrons. The van der Waals surface area contributed by atoms with Gasteiger partial charge in [-0.1, -0.05) is 31.2 Å². The van der Waals surface area contributed by atoms with Gasteiger partial charge in [0, 0.05) is 24.7 Å². The van der Waals surface area contributed by atoms with Crippen molar-refractivity contribution in [1.82, 2.24) is 14.7 Å². The fourth-order valence-corrected chi connectivity index (χ4v) is 4.02. The third-order valence-electron chi connectivity index (χ3n) is 5.70. The minimum Gasteiger partial charge on any atom is -0.497 e. The summed E-state index contributed by atoms with van der Waals surface area (Å²) in [6, 6.07) is 20.0. The Morgan fingerprint density at radius 2 is 1.74 bits per heavy atom. The second-order valence-corrected chi connectivity index (χ2v) is 8.10. The Labute approximate surface area is 200 Å². The molecule has 34 heavy (non-hydrogen) atoms. The van der Waals surface area contributed by atoms with Crippen LogP contribution in [0.1, 0.15) is 32.4 Å². The van der Waals surface area contributed by atoms with Gasteiger partial charge < -0.3 is 19.2 Å². The number of imidazole rings is 1. The maximum atomic E-state index is 12.4. The maximum Gasteiger partial charge on any atom is 0.220 e. The number of fused-ring (bicyclic) bond motifs is 1. The highest BCUT2D eigenvalue weighted by Crippen LogP contribution is 2.31. The number of aryl methyl sites for hydroxylation is 1. The third-order valence-corrected chi connectivity index (χ3v) is 5.70. The molecule has 176 valence electrons. The number of benzene rings is 2. The number of carbonyl (C=O) groups is 1. The Hall–Kier alpha value is -3.80. The first-order valence-electron chi connectivity index (χ1n) is 11.8. The number of aromatic nitrogens is 2. The largest absolute Gasteiger partial charge is 0.497 e. The molecule has 0 aliphatic heterocycles. The molecule has 0 spiro atoms. The predicted octanol–water partition coefficient (Wildman–Crippen LogP) is 5.53. The summed E-state index contributed by atoms with van der Waals surface area (Å²) in [4.78, 5) is 17.3. The van der Waals surface area contributed by atoms with Gasteiger partial charge in [0.05, 0.1) is 25.1 Å². The number of amides is 1. The molecular formula is C28H31N3O3. The van der Waals surface area contributed by atoms with E-state index in [0.29, 0.717) is 26.0 Å². The summed E-state index contributed by atoms with van der Waals surface area (Å²) in [5.41, 5.74) is 5.79. The van der Waals surface area contributed by atoms with Crippen molar-refractivity contribution >= 4 is 11.6 Å². The van der Waals surface area contributed by atoms with Gasteiger partial charge in [-0.3, -0.25) is 4.79 Å². The standard InChI is InChI=1S/C28H31N3O3/c1-4-16-29-27(32)15-13-25-28(21-9-7-10-23(18-21)33-3)30-26-14-12-22(19-31(25)26)20-8-6-11-24(17-20)34-5-2/h6-12,14,17-19H,4-5,13,15-16H2,1-3H3,(H,29,32). The number of carbonyl (C=O) groups excluding carboxylic acids is 1. The number of rotatable bonds is 10. The first kappa shape index (κ1) is 23.4. The molecule has 1 N–H and O–H groups in total. The molecule has 0 unspecified atom stereocenters. The van der Waals surface area contributed by atoms with E-state index in [-0.39, 0.29) is 5.91 Å². The lowest BCUT2D eigenvalue weighted by atomic mass is 10.1. The van der Waals surface area contributed by atoms with Crippen LogP contribution in [0.4, 0.5) is 0 Å². The zero-order chi connectivity index (χ0) is 23.9. The lowest BCUT2D eigenvalue weighted by molar-refractivity contribution is -0.121. The first-order chi connectivity index (χ1) is 16.6. The molecule has 4 rings (SSSR count). The van der Waals surface area contributed by atoms with Gasteiger partial charge in [0.2, 0.25) is 5.91 Å². The molecule has 0 saturated carbocycles. The van der Waals surface area contributed by atoms with E-state index in [9.17, 15) is 4.79 Å². The molecule has 0 atom stereocenters. The van der Waals surface area contributed by atoms with E-state index in [4.69, 9.17) is 14.5 Å². The van der Waals surface area contributed by atoms with E-state index in [1.165, 1.54) is 0 Å². The van der Waals surface area contributed by atoms with Crippen LogP contribution in [0.2, 0.25) is 0 Å². The van der Waals surface area contributed by atoms with Crippen molar-refractivity contribution in [2.45, 2.75) is 33.1 Å². The molecule has 2 aromatic carbocycles. The van der Waals surface area contributed by atoms with Crippen LogP contribution in [-0.4, -0.2) is 35.6 Å². The Morgan fingerprint density at radius 3 is 2.50 bits per heavy atom. The normalized spacial score (nSPS) is 10.9. The molecule has 0 bridgehead atoms. The van der Waals surface area contributed by atoms with Crippen molar-refractivity contribution in [2.24, 2.45) is 0 Å². The Kier molecular flexibility index (Phi) is 7.48. The van der Waals surface area contributed by atoms with E-state index < -0.39 is 0 Å². The van der Waals surface area contributed by atoms with Gasteiger partial charge in [-0.2, -0.15) is 0 Å². The third kappa shape index (κ3) is 5.22. The van der Waals surface area contributed by atoms with Gasteiger partial charge in [-0.15, -0.1) is 0 Å². The van der Waals surface area contributed by atoms with E-state index >= 15 is 0 Å². The van der Waals surface area contributed by atoms with Gasteiger partial charge in [-0.05, 0) is 67.3 Å². The van der Waals surface area contributed by atoms with Crippen molar-refractivity contribution in [2.75, 3.05) is 20.3 Å². The maximum absolute atomic E-state index is 12.4. The van der Waals surface area contributed by atoms with Crippen molar-refractivity contribution in [3.63, 3.8) is 0 Å². The molecule has 2 aromatic heterocycles. The fraction of sp³-hybridized carbons (Fsp3) is 0.286. The van der Waals surface area contributed by atoms with E-state index in [2.05, 4.69) is 28.0 Å². The number of pyridine rings is 1. The monoisotopic (exact) mass is 457 g/mol. The van der Waals surface area contributed by atoms with Crippen molar-refractivity contribution in [3.05, 3.63) is 72.6 Å². The van der Waals surface area contributed by atoms with E-state index in [1.807, 2.05) is 62.4 Å². The van der Waals surface area contributed by atoms with Crippen LogP contribution < -0.4 is 14.8 Å². The van der Waals surface area contributed by atoms with Crippen LogP contribution in [0, 0.1) is 0 Å². The summed E-state index contributed by atoms with van der Waals surface area (Å²) in [5.74, 6) is 1.67. The quantitative estimate of drug-likeness (QED) is 0.340. The molecule has 0 aliphatic carbocycles. The van der Waals surface area contributed by atoms with Crippen LogP contribution in [0.5, 0.6) is 11.5 Å². The predicted molar refractivity (Wildman–Crippen MR) is 135 cm³/mol. The molecule has 0 fully saturated rings. The number of hydrogen-bond acceptors (Lipinski definition) is 4. The minimum atomic E-state index is 0.0500. The van der Waals surface area contributed by atoms with E-state index in [0.717, 1.165) is 51.6 Å². The Bertz CT molecular complexity index is 1280. The Morgan fingerprint density at radius 1 is 0.971 bits per heavy atom. The molecule has 6 heteroatoms. The van der Waals surface area contributed by atoms with Gasteiger partial charge in [0.15, 0.2) is 0 Å². The lowest BCUT2D eigenvalue weighted by Gasteiger charge is -2.10. The van der Waals surface area contributed by atoms with Crippen LogP contribution in [-0.2, 0) is 11.2 Å². The van der Waals surface area contributed by atoms with Gasteiger partial charge in [0.25, 0.3) is 0 Å². The van der Waals surface area contributed by atoms with Gasteiger partial charge in [0.1, 0.15) is 17.1 Å². The summed E-state index contributed by atoms with van der Waals surface area (Å²) >= 11 is 0. The number of ether oxygens (including phenoxy) is 2. The number of nitrogens with one attached hydrogen (secondary N) is 1. The van der Waals surface area contributed by atoms with Gasteiger partial charge >= 0.3 is 0 Å². The summed E-state index contributed by atoms with van der Waals surface area (Å²) in [5, 5.41) is 2.97. The molecule has 6 nitrogen and oxygen atoms in total. The SMILES string of the molecule is CCCNC(=O)CCc1c(-c2cccc(OC)c2)nc2ccc(-c3cccc(OCC)c3)cn12. The molecule has 2 heterocycles. The zero-order valence-corrected chi connectivity index (χ0v) is 20.0. The van der Waals surface area contributed by atoms with Crippen molar-refractivity contribution < 1.29 is 14.3 Å². The molecule has 0 aliphatic rings. The highest BCUT2D eigenvalue weighted by molar-refractivity contribution is 5.77. The highest BCUT2D eigenvalue weighted by Gasteiger charge is 2.17. The van der Waals surface area contributed by atoms with Gasteiger partial charge in [-0.25, -0.2) is 4.98 Å². The van der Waals surface area contributed by atoms with E-state index in [1.54, 1.807) is 7.11 Å². The number of nitrogens with zero attached hydrogens (tertiary/aromatic N) is 2. The topological polar surface area (TPSA) is 64.9 Å². The second-order valence-electron chi connectivity index (χ2n) is 8.10. The molecular weight excluding hydrogens is 426 g/mol. The van der Waals surface area contributed by atoms with Crippen molar-refractivity contribution in [1.29, 1.82) is 0 Å². The smallest absolute Gasteiger partial charge is 0.220 e. The first-order valence-corrected chi connectivity index (χ1v) is 11.8. The molecule has 4 aromatic rings. The molecule has 1 amide bonds. The highest BCUT2D eigenvalue weighted by atomic mass is 16.5. The lowest BCUT2D eigenvalue weighted by Crippen LogP contribution is -2.24. The van der Waals surface area contributed by atoms with Crippen LogP contribution in [0.15, 0.2) is 66.9 Å². The average Bonchev–Trinajstić information content (AvgIpc) is 3.24. The fourth-order valence-electron chi connectivity index (χ4n) is 4.02. The second kappa shape index (κ2) is 10.9. The average molecular weight is 458 g/mol. The van der Waals surface area contributed by atoms with Crippen molar-refractivity contribution in [3.8, 4) is 33.9 Å². The van der Waals surface area contributed by atoms with Crippen LogP contribution >= 0.6 is 0 Å². The molecule has 0 saturated heterocycles. The Balaban J connectivity index is 1.77. The number of methoxy groups -OCH3 is 1. The summed E-state index contributed by atoms with van der Waals surface area (Å²) in [6.45, 7) is 5.34. The summed E-state index contributed by atoms with van der Waals surface area (Å²) in [6.07, 6.45) is 3.98. The van der Waals surface area contributed by atoms with Crippen LogP contribution in [0.25, 0.3) is 28.0 Å². The zero-order valence-electron chi connectivity index (χ0n) is 20.0. The summed E-state index contributed by atoms with van der Waals surface area (Å²) < 4.78 is 13.2. The van der Waals surface area contributed by atoms with Crippen LogP contribution in [0.3, 0.4) is 0 Å². The number of hydrogen-bond donors (Lipinski definition) is 1. The summed E-state index contributed by atoms with van der Waals surface area (Å²) in [7, 11) is 1.66. The minimum absolute atomic E-state index is 0.0500.